The molecule has 6 heteroatoms. The number of ether oxygens (including phenoxy) is 1. The summed E-state index contributed by atoms with van der Waals surface area (Å²) in [6.45, 7) is 1.88. The third-order valence-electron chi connectivity index (χ3n) is 3.71. The van der Waals surface area contributed by atoms with Gasteiger partial charge in [0.1, 0.15) is 6.54 Å². The first-order chi connectivity index (χ1) is 11.1. The van der Waals surface area contributed by atoms with Gasteiger partial charge in [0.05, 0.1) is 19.0 Å². The van der Waals surface area contributed by atoms with Gasteiger partial charge >= 0.3 is 0 Å². The molecule has 0 aliphatic carbocycles. The van der Waals surface area contributed by atoms with Crippen LogP contribution >= 0.6 is 0 Å². The fraction of sp³-hybridized carbons (Fsp3) is 0.176. The molecule has 1 aromatic carbocycles. The number of fused-ring (bicyclic) bond motifs is 1. The molecule has 3 aromatic rings. The summed E-state index contributed by atoms with van der Waals surface area (Å²) in [5.41, 5.74) is 2.22. The summed E-state index contributed by atoms with van der Waals surface area (Å²) < 4.78 is 6.71. The second-order valence-corrected chi connectivity index (χ2v) is 5.27. The molecule has 0 saturated heterocycles. The molecule has 0 atom stereocenters. The Hall–Kier alpha value is -3.02. The third kappa shape index (κ3) is 2.96. The molecule has 23 heavy (non-hydrogen) atoms. The van der Waals surface area contributed by atoms with Crippen molar-refractivity contribution in [1.29, 1.82) is 0 Å². The van der Waals surface area contributed by atoms with E-state index in [1.54, 1.807) is 17.7 Å². The number of aromatic amines is 1. The first kappa shape index (κ1) is 14.9. The van der Waals surface area contributed by atoms with Crippen molar-refractivity contribution >= 4 is 22.5 Å². The van der Waals surface area contributed by atoms with E-state index in [4.69, 9.17) is 4.74 Å². The van der Waals surface area contributed by atoms with Crippen LogP contribution in [0.3, 0.4) is 0 Å². The lowest BCUT2D eigenvalue weighted by molar-refractivity contribution is -0.116. The highest BCUT2D eigenvalue weighted by Gasteiger charge is 2.10. The molecule has 2 heterocycles. The van der Waals surface area contributed by atoms with Crippen molar-refractivity contribution in [2.75, 3.05) is 12.4 Å². The van der Waals surface area contributed by atoms with Gasteiger partial charge in [-0.15, -0.1) is 0 Å². The minimum Gasteiger partial charge on any atom is -0.491 e. The van der Waals surface area contributed by atoms with Crippen LogP contribution in [-0.4, -0.2) is 22.6 Å². The van der Waals surface area contributed by atoms with Gasteiger partial charge in [0.2, 0.25) is 11.3 Å². The number of hydrogen-bond acceptors (Lipinski definition) is 3. The number of rotatable bonds is 4. The zero-order chi connectivity index (χ0) is 16.4. The quantitative estimate of drug-likeness (QED) is 0.776. The van der Waals surface area contributed by atoms with Crippen molar-refractivity contribution in [3.05, 3.63) is 58.6 Å². The topological polar surface area (TPSA) is 76.1 Å². The molecule has 6 nitrogen and oxygen atoms in total. The Labute approximate surface area is 132 Å². The first-order valence-corrected chi connectivity index (χ1v) is 7.19. The predicted molar refractivity (Wildman–Crippen MR) is 88.9 cm³/mol. The van der Waals surface area contributed by atoms with Crippen molar-refractivity contribution in [2.24, 2.45) is 0 Å². The van der Waals surface area contributed by atoms with Gasteiger partial charge in [-0.3, -0.25) is 9.59 Å². The Bertz CT molecular complexity index is 924. The predicted octanol–water partition coefficient (Wildman–Crippen LogP) is 2.29. The van der Waals surface area contributed by atoms with Crippen molar-refractivity contribution in [3.8, 4) is 5.75 Å². The van der Waals surface area contributed by atoms with Crippen LogP contribution in [0.4, 0.5) is 5.69 Å². The number of carbonyl (C=O) groups is 1. The van der Waals surface area contributed by atoms with Gasteiger partial charge in [-0.05, 0) is 25.1 Å². The second-order valence-electron chi connectivity index (χ2n) is 5.27. The highest BCUT2D eigenvalue weighted by molar-refractivity contribution is 6.01. The molecule has 0 aliphatic rings. The Morgan fingerprint density at radius 2 is 2.17 bits per heavy atom. The van der Waals surface area contributed by atoms with Crippen LogP contribution in [0.25, 0.3) is 10.9 Å². The largest absolute Gasteiger partial charge is 0.491 e. The number of aromatic nitrogens is 2. The summed E-state index contributed by atoms with van der Waals surface area (Å²) in [6, 6.07) is 9.05. The molecule has 0 fully saturated rings. The Kier molecular flexibility index (Phi) is 3.89. The number of anilines is 1. The number of hydrogen-bond donors (Lipinski definition) is 2. The molecule has 0 saturated carbocycles. The molecule has 0 spiro atoms. The molecule has 0 radical (unpaired) electrons. The summed E-state index contributed by atoms with van der Waals surface area (Å²) in [5, 5.41) is 3.85. The summed E-state index contributed by atoms with van der Waals surface area (Å²) >= 11 is 0. The van der Waals surface area contributed by atoms with E-state index in [0.29, 0.717) is 5.69 Å². The molecule has 2 N–H and O–H groups in total. The SMILES string of the molecule is COc1cn(CC(=O)Nc2cccc3[nH]ccc23)c(C)cc1=O. The number of aryl methyl sites for hydroxylation is 1. The van der Waals surface area contributed by atoms with Crippen molar-refractivity contribution in [3.63, 3.8) is 0 Å². The maximum absolute atomic E-state index is 12.3. The van der Waals surface area contributed by atoms with Crippen LogP contribution in [0.5, 0.6) is 5.75 Å². The van der Waals surface area contributed by atoms with E-state index in [9.17, 15) is 9.59 Å². The highest BCUT2D eigenvalue weighted by Crippen LogP contribution is 2.22. The molecule has 0 unspecified atom stereocenters. The maximum atomic E-state index is 12.3. The molecule has 2 aromatic heterocycles. The van der Waals surface area contributed by atoms with Crippen LogP contribution in [0.1, 0.15) is 5.69 Å². The van der Waals surface area contributed by atoms with Gasteiger partial charge in [-0.25, -0.2) is 0 Å². The highest BCUT2D eigenvalue weighted by atomic mass is 16.5. The summed E-state index contributed by atoms with van der Waals surface area (Å²) in [6.07, 6.45) is 3.38. The number of nitrogens with zero attached hydrogens (tertiary/aromatic N) is 1. The molecule has 1 amide bonds. The number of H-pyrrole nitrogens is 1. The smallest absolute Gasteiger partial charge is 0.244 e. The zero-order valence-electron chi connectivity index (χ0n) is 12.9. The van der Waals surface area contributed by atoms with Gasteiger partial charge < -0.3 is 19.6 Å². The first-order valence-electron chi connectivity index (χ1n) is 7.19. The second kappa shape index (κ2) is 6.00. The third-order valence-corrected chi connectivity index (χ3v) is 3.71. The number of carbonyl (C=O) groups excluding carboxylic acids is 1. The van der Waals surface area contributed by atoms with Gasteiger partial charge in [0.15, 0.2) is 5.75 Å². The van der Waals surface area contributed by atoms with E-state index in [1.807, 2.05) is 30.5 Å². The molecular formula is C17H17N3O3. The molecule has 118 valence electrons. The molecule has 0 bridgehead atoms. The minimum absolute atomic E-state index is 0.100. The fourth-order valence-corrected chi connectivity index (χ4v) is 2.51. The lowest BCUT2D eigenvalue weighted by Gasteiger charge is -2.12. The van der Waals surface area contributed by atoms with Gasteiger partial charge in [0.25, 0.3) is 0 Å². The van der Waals surface area contributed by atoms with Crippen LogP contribution in [0.15, 0.2) is 47.5 Å². The minimum atomic E-state index is -0.196. The number of amides is 1. The Morgan fingerprint density at radius 3 is 2.96 bits per heavy atom. The van der Waals surface area contributed by atoms with E-state index in [1.165, 1.54) is 13.2 Å². The molecule has 0 aliphatic heterocycles. The van der Waals surface area contributed by atoms with Crippen LogP contribution in [0, 0.1) is 6.92 Å². The number of pyridine rings is 1. The van der Waals surface area contributed by atoms with Gasteiger partial charge in [-0.2, -0.15) is 0 Å². The Balaban J connectivity index is 1.83. The average Bonchev–Trinajstić information content (AvgIpc) is 2.99. The number of benzene rings is 1. The Morgan fingerprint density at radius 1 is 1.35 bits per heavy atom. The van der Waals surface area contributed by atoms with Crippen molar-refractivity contribution in [2.45, 2.75) is 13.5 Å². The maximum Gasteiger partial charge on any atom is 0.244 e. The number of methoxy groups -OCH3 is 1. The van der Waals surface area contributed by atoms with Gasteiger partial charge in [-0.1, -0.05) is 6.07 Å². The average molecular weight is 311 g/mol. The summed E-state index contributed by atoms with van der Waals surface area (Å²) in [7, 11) is 1.43. The van der Waals surface area contributed by atoms with Crippen LogP contribution in [-0.2, 0) is 11.3 Å². The zero-order valence-corrected chi connectivity index (χ0v) is 12.9. The van der Waals surface area contributed by atoms with E-state index in [-0.39, 0.29) is 23.6 Å². The standard InChI is InChI=1S/C17H17N3O3/c1-11-8-15(21)16(23-2)9-20(11)10-17(22)19-14-5-3-4-13-12(14)6-7-18-13/h3-9,18H,10H2,1-2H3,(H,19,22). The normalized spacial score (nSPS) is 10.7. The van der Waals surface area contributed by atoms with E-state index >= 15 is 0 Å². The monoisotopic (exact) mass is 311 g/mol. The molecule has 3 rings (SSSR count). The fourth-order valence-electron chi connectivity index (χ4n) is 2.51. The summed E-state index contributed by atoms with van der Waals surface area (Å²) in [4.78, 5) is 27.1. The number of nitrogens with one attached hydrogen (secondary N) is 2. The van der Waals surface area contributed by atoms with E-state index in [0.717, 1.165) is 16.6 Å². The molecular weight excluding hydrogens is 294 g/mol. The van der Waals surface area contributed by atoms with E-state index < -0.39 is 0 Å². The van der Waals surface area contributed by atoms with Gasteiger partial charge in [0, 0.05) is 28.9 Å². The lowest BCUT2D eigenvalue weighted by atomic mass is 10.2. The van der Waals surface area contributed by atoms with Crippen LogP contribution in [0.2, 0.25) is 0 Å². The van der Waals surface area contributed by atoms with Crippen molar-refractivity contribution < 1.29 is 9.53 Å². The van der Waals surface area contributed by atoms with Crippen molar-refractivity contribution in [1.82, 2.24) is 9.55 Å². The summed E-state index contributed by atoms with van der Waals surface area (Å²) in [5.74, 6) is 0.0450. The lowest BCUT2D eigenvalue weighted by Crippen LogP contribution is -2.22. The van der Waals surface area contributed by atoms with Crippen LogP contribution < -0.4 is 15.5 Å². The van der Waals surface area contributed by atoms with E-state index in [2.05, 4.69) is 10.3 Å².